The first-order valence-electron chi connectivity index (χ1n) is 13.5. The van der Waals surface area contributed by atoms with E-state index in [0.29, 0.717) is 35.0 Å². The predicted octanol–water partition coefficient (Wildman–Crippen LogP) is 6.86. The molecule has 210 valence electrons. The van der Waals surface area contributed by atoms with Crippen molar-refractivity contribution in [3.63, 3.8) is 0 Å². The zero-order chi connectivity index (χ0) is 29.3. The van der Waals surface area contributed by atoms with Crippen LogP contribution in [0.4, 0.5) is 0 Å². The molecule has 0 saturated heterocycles. The minimum absolute atomic E-state index is 0.330. The molecule has 0 unspecified atom stereocenters. The maximum absolute atomic E-state index is 12.8. The fourth-order valence-electron chi connectivity index (χ4n) is 4.21. The first kappa shape index (κ1) is 28.1. The van der Waals surface area contributed by atoms with Crippen LogP contribution in [0.15, 0.2) is 120 Å². The van der Waals surface area contributed by atoms with Gasteiger partial charge in [0.25, 0.3) is 5.91 Å². The molecule has 0 heterocycles. The van der Waals surface area contributed by atoms with Gasteiger partial charge in [0.1, 0.15) is 23.9 Å². The fraction of sp³-hybridized carbons (Fsp3) is 0.114. The number of carbonyl (C=O) groups excluding carboxylic acids is 2. The highest BCUT2D eigenvalue weighted by molar-refractivity contribution is 6.04. The van der Waals surface area contributed by atoms with Crippen LogP contribution in [0.1, 0.15) is 34.0 Å². The highest BCUT2D eigenvalue weighted by Gasteiger charge is 2.16. The van der Waals surface area contributed by atoms with Gasteiger partial charge in [-0.1, -0.05) is 78.4 Å². The summed E-state index contributed by atoms with van der Waals surface area (Å²) in [6.07, 6.45) is 0.661. The van der Waals surface area contributed by atoms with Crippen LogP contribution in [0.2, 0.25) is 0 Å². The lowest BCUT2D eigenvalue weighted by molar-refractivity contribution is -0.127. The minimum Gasteiger partial charge on any atom is -0.489 e. The second kappa shape index (κ2) is 13.3. The number of nitrogens with zero attached hydrogens (tertiary/aromatic N) is 1. The summed E-state index contributed by atoms with van der Waals surface area (Å²) in [4.78, 5) is 25.6. The number of aryl methyl sites for hydroxylation is 1. The first-order chi connectivity index (χ1) is 20.5. The second-order valence-corrected chi connectivity index (χ2v) is 9.69. The molecule has 0 aliphatic carbocycles. The minimum atomic E-state index is -0.815. The molecule has 0 aliphatic heterocycles. The Kier molecular flexibility index (Phi) is 8.89. The molecule has 0 aromatic heterocycles. The Bertz CT molecular complexity index is 1700. The van der Waals surface area contributed by atoms with E-state index in [1.165, 1.54) is 6.21 Å². The van der Waals surface area contributed by atoms with Crippen molar-refractivity contribution in [2.24, 2.45) is 5.10 Å². The van der Waals surface area contributed by atoms with Crippen LogP contribution in [0.25, 0.3) is 10.8 Å². The number of hydrazone groups is 1. The number of esters is 1. The molecule has 1 atom stereocenters. The number of benzene rings is 5. The summed E-state index contributed by atoms with van der Waals surface area (Å²) in [5.74, 6) is 0.627. The third-order valence-electron chi connectivity index (χ3n) is 6.54. The van der Waals surface area contributed by atoms with E-state index < -0.39 is 18.0 Å². The average molecular weight is 559 g/mol. The number of rotatable bonds is 10. The Balaban J connectivity index is 1.22. The van der Waals surface area contributed by atoms with Crippen molar-refractivity contribution in [2.75, 3.05) is 0 Å². The van der Waals surface area contributed by atoms with Gasteiger partial charge in [-0.25, -0.2) is 10.2 Å². The van der Waals surface area contributed by atoms with Crippen molar-refractivity contribution in [2.45, 2.75) is 26.6 Å². The highest BCUT2D eigenvalue weighted by Crippen LogP contribution is 2.27. The van der Waals surface area contributed by atoms with Crippen molar-refractivity contribution in [1.29, 1.82) is 0 Å². The number of hydrogen-bond acceptors (Lipinski definition) is 6. The quantitative estimate of drug-likeness (QED) is 0.0876. The van der Waals surface area contributed by atoms with E-state index in [2.05, 4.69) is 10.5 Å². The molecule has 0 aliphatic rings. The summed E-state index contributed by atoms with van der Waals surface area (Å²) in [6.45, 7) is 4.05. The van der Waals surface area contributed by atoms with Gasteiger partial charge in [0.15, 0.2) is 6.10 Å². The topological polar surface area (TPSA) is 86.2 Å². The molecule has 0 fully saturated rings. The van der Waals surface area contributed by atoms with Crippen LogP contribution >= 0.6 is 0 Å². The standard InChI is InChI=1S/C35H30N2O5/c1-24-12-14-28(15-13-24)35(39)42-33-21-16-27-10-6-7-11-31(27)32(33)22-36-37-34(38)25(2)41-30-19-17-29(18-20-30)40-23-26-8-4-3-5-9-26/h3-22,25H,23H2,1-2H3,(H,37,38)/b36-22-/t25-/m0/s1. The summed E-state index contributed by atoms with van der Waals surface area (Å²) in [7, 11) is 0. The van der Waals surface area contributed by atoms with Crippen LogP contribution in [-0.2, 0) is 11.4 Å². The van der Waals surface area contributed by atoms with E-state index in [1.807, 2.05) is 79.7 Å². The number of amides is 1. The monoisotopic (exact) mass is 558 g/mol. The van der Waals surface area contributed by atoms with Crippen molar-refractivity contribution in [1.82, 2.24) is 5.43 Å². The summed E-state index contributed by atoms with van der Waals surface area (Å²) >= 11 is 0. The van der Waals surface area contributed by atoms with Crippen molar-refractivity contribution < 1.29 is 23.8 Å². The van der Waals surface area contributed by atoms with Crippen LogP contribution in [0, 0.1) is 6.92 Å². The van der Waals surface area contributed by atoms with E-state index in [9.17, 15) is 9.59 Å². The van der Waals surface area contributed by atoms with Crippen molar-refractivity contribution in [3.05, 3.63) is 138 Å². The van der Waals surface area contributed by atoms with Crippen LogP contribution in [0.5, 0.6) is 17.2 Å². The van der Waals surface area contributed by atoms with Gasteiger partial charge in [0.2, 0.25) is 0 Å². The van der Waals surface area contributed by atoms with Gasteiger partial charge in [-0.2, -0.15) is 5.10 Å². The molecule has 42 heavy (non-hydrogen) atoms. The lowest BCUT2D eigenvalue weighted by Crippen LogP contribution is -2.33. The maximum atomic E-state index is 12.8. The van der Waals surface area contributed by atoms with Gasteiger partial charge < -0.3 is 14.2 Å². The highest BCUT2D eigenvalue weighted by atomic mass is 16.5. The number of hydrogen-bond donors (Lipinski definition) is 1. The first-order valence-corrected chi connectivity index (χ1v) is 13.5. The third kappa shape index (κ3) is 7.20. The Hall–Kier alpha value is -5.43. The Labute approximate surface area is 244 Å². The molecular formula is C35H30N2O5. The smallest absolute Gasteiger partial charge is 0.343 e. The number of nitrogens with one attached hydrogen (secondary N) is 1. The average Bonchev–Trinajstić information content (AvgIpc) is 3.02. The molecule has 0 spiro atoms. The summed E-state index contributed by atoms with van der Waals surface area (Å²) < 4.78 is 17.3. The molecule has 1 N–H and O–H groups in total. The van der Waals surface area contributed by atoms with Gasteiger partial charge in [-0.15, -0.1) is 0 Å². The van der Waals surface area contributed by atoms with E-state index >= 15 is 0 Å². The number of carbonyl (C=O) groups is 2. The molecule has 0 bridgehead atoms. The summed E-state index contributed by atoms with van der Waals surface area (Å²) in [5.41, 5.74) is 5.64. The molecule has 0 radical (unpaired) electrons. The van der Waals surface area contributed by atoms with Crippen molar-refractivity contribution >= 4 is 28.9 Å². The molecule has 0 saturated carbocycles. The van der Waals surface area contributed by atoms with Crippen LogP contribution < -0.4 is 19.6 Å². The summed E-state index contributed by atoms with van der Waals surface area (Å²) in [6, 6.07) is 35.4. The molecule has 5 aromatic carbocycles. The van der Waals surface area contributed by atoms with E-state index in [1.54, 1.807) is 49.4 Å². The molecule has 7 nitrogen and oxygen atoms in total. The van der Waals surface area contributed by atoms with Gasteiger partial charge in [0.05, 0.1) is 11.8 Å². The Morgan fingerprint density at radius 3 is 2.26 bits per heavy atom. The zero-order valence-corrected chi connectivity index (χ0v) is 23.3. The summed E-state index contributed by atoms with van der Waals surface area (Å²) in [5, 5.41) is 5.92. The van der Waals surface area contributed by atoms with E-state index in [-0.39, 0.29) is 0 Å². The van der Waals surface area contributed by atoms with Gasteiger partial charge >= 0.3 is 5.97 Å². The molecule has 1 amide bonds. The lowest BCUT2D eigenvalue weighted by Gasteiger charge is -2.14. The third-order valence-corrected chi connectivity index (χ3v) is 6.54. The fourth-order valence-corrected chi connectivity index (χ4v) is 4.21. The number of fused-ring (bicyclic) bond motifs is 1. The Morgan fingerprint density at radius 2 is 1.50 bits per heavy atom. The molecular weight excluding hydrogens is 528 g/mol. The van der Waals surface area contributed by atoms with Gasteiger partial charge in [-0.05, 0) is 72.6 Å². The molecule has 7 heteroatoms. The molecule has 5 aromatic rings. The second-order valence-electron chi connectivity index (χ2n) is 9.69. The SMILES string of the molecule is Cc1ccc(C(=O)Oc2ccc3ccccc3c2/C=N\NC(=O)[C@H](C)Oc2ccc(OCc3ccccc3)cc2)cc1. The number of ether oxygens (including phenoxy) is 3. The normalized spacial score (nSPS) is 11.7. The van der Waals surface area contributed by atoms with Crippen LogP contribution in [-0.4, -0.2) is 24.2 Å². The largest absolute Gasteiger partial charge is 0.489 e. The van der Waals surface area contributed by atoms with Crippen LogP contribution in [0.3, 0.4) is 0 Å². The van der Waals surface area contributed by atoms with Gasteiger partial charge in [-0.3, -0.25) is 4.79 Å². The van der Waals surface area contributed by atoms with Crippen molar-refractivity contribution in [3.8, 4) is 17.2 Å². The van der Waals surface area contributed by atoms with E-state index in [4.69, 9.17) is 14.2 Å². The predicted molar refractivity (Wildman–Crippen MR) is 163 cm³/mol. The Morgan fingerprint density at radius 1 is 0.810 bits per heavy atom. The van der Waals surface area contributed by atoms with E-state index in [0.717, 1.165) is 21.9 Å². The molecule has 5 rings (SSSR count). The maximum Gasteiger partial charge on any atom is 0.343 e. The van der Waals surface area contributed by atoms with Gasteiger partial charge in [0, 0.05) is 5.56 Å². The zero-order valence-electron chi connectivity index (χ0n) is 23.3. The lowest BCUT2D eigenvalue weighted by atomic mass is 10.0.